The van der Waals surface area contributed by atoms with Gasteiger partial charge in [-0.25, -0.2) is 4.39 Å². The van der Waals surface area contributed by atoms with Crippen LogP contribution in [0.2, 0.25) is 0 Å². The molecule has 0 aromatic heterocycles. The number of nitrogens with one attached hydrogen (secondary N) is 1. The molecule has 0 aliphatic heterocycles. The third kappa shape index (κ3) is 6.05. The molecule has 0 radical (unpaired) electrons. The topological polar surface area (TPSA) is 12.0 Å². The van der Waals surface area contributed by atoms with E-state index in [9.17, 15) is 4.39 Å². The summed E-state index contributed by atoms with van der Waals surface area (Å²) in [4.78, 5) is 0. The minimum absolute atomic E-state index is 0.118. The Hall–Kier alpha value is -0.410. The largest absolute Gasteiger partial charge is 0.310 e. The van der Waals surface area contributed by atoms with Gasteiger partial charge in [0.2, 0.25) is 0 Å². The number of benzene rings is 1. The van der Waals surface area contributed by atoms with Gasteiger partial charge in [0.25, 0.3) is 0 Å². The summed E-state index contributed by atoms with van der Waals surface area (Å²) in [6.45, 7) is 7.53. The minimum Gasteiger partial charge on any atom is -0.310 e. The van der Waals surface area contributed by atoms with Gasteiger partial charge < -0.3 is 5.32 Å². The lowest BCUT2D eigenvalue weighted by molar-refractivity contribution is 0.434. The maximum Gasteiger partial charge on any atom is 0.129 e. The van der Waals surface area contributed by atoms with Crippen LogP contribution in [-0.2, 0) is 0 Å². The fourth-order valence-electron chi connectivity index (χ4n) is 2.20. The quantitative estimate of drug-likeness (QED) is 0.668. The van der Waals surface area contributed by atoms with Gasteiger partial charge in [-0.2, -0.15) is 0 Å². The monoisotopic (exact) mass is 329 g/mol. The van der Waals surface area contributed by atoms with Crippen LogP contribution < -0.4 is 5.32 Å². The first-order chi connectivity index (χ1) is 9.04. The van der Waals surface area contributed by atoms with Crippen molar-refractivity contribution >= 4 is 15.9 Å². The Labute approximate surface area is 125 Å². The van der Waals surface area contributed by atoms with E-state index in [0.29, 0.717) is 5.92 Å². The maximum atomic E-state index is 14.0. The second kappa shape index (κ2) is 8.70. The Balaban J connectivity index is 2.71. The first kappa shape index (κ1) is 16.6. The van der Waals surface area contributed by atoms with Crippen LogP contribution in [0, 0.1) is 11.7 Å². The highest BCUT2D eigenvalue weighted by Gasteiger charge is 2.15. The lowest BCUT2D eigenvalue weighted by Gasteiger charge is -2.20. The highest BCUT2D eigenvalue weighted by molar-refractivity contribution is 9.10. The second-order valence-corrected chi connectivity index (χ2v) is 6.41. The molecular weight excluding hydrogens is 305 g/mol. The fraction of sp³-hybridized carbons (Fsp3) is 0.625. The average Bonchev–Trinajstić information content (AvgIpc) is 2.34. The molecule has 0 fully saturated rings. The zero-order chi connectivity index (χ0) is 14.3. The van der Waals surface area contributed by atoms with Crippen LogP contribution in [0.15, 0.2) is 22.7 Å². The molecule has 1 aromatic rings. The Kier molecular flexibility index (Phi) is 7.62. The van der Waals surface area contributed by atoms with Crippen molar-refractivity contribution in [1.82, 2.24) is 5.32 Å². The fourth-order valence-corrected chi connectivity index (χ4v) is 2.53. The van der Waals surface area contributed by atoms with Crippen molar-refractivity contribution in [3.63, 3.8) is 0 Å². The molecule has 0 bridgehead atoms. The molecule has 108 valence electrons. The zero-order valence-corrected chi connectivity index (χ0v) is 13.8. The van der Waals surface area contributed by atoms with E-state index in [1.807, 2.05) is 12.1 Å². The summed E-state index contributed by atoms with van der Waals surface area (Å²) in [7, 11) is 0. The van der Waals surface area contributed by atoms with Crippen molar-refractivity contribution in [2.75, 3.05) is 6.54 Å². The summed E-state index contributed by atoms with van der Waals surface area (Å²) < 4.78 is 14.8. The molecule has 0 heterocycles. The van der Waals surface area contributed by atoms with Crippen molar-refractivity contribution in [2.45, 2.75) is 52.5 Å². The molecule has 0 saturated heterocycles. The third-order valence-electron chi connectivity index (χ3n) is 3.25. The Morgan fingerprint density at radius 2 is 2.00 bits per heavy atom. The van der Waals surface area contributed by atoms with E-state index in [1.54, 1.807) is 6.07 Å². The SMILES string of the molecule is CCCNC(CCCC(C)C)c1ccc(Br)cc1F. The Bertz CT molecular complexity index is 379. The van der Waals surface area contributed by atoms with Crippen molar-refractivity contribution in [3.8, 4) is 0 Å². The molecule has 0 saturated carbocycles. The summed E-state index contributed by atoms with van der Waals surface area (Å²) >= 11 is 3.31. The molecule has 0 spiro atoms. The molecule has 19 heavy (non-hydrogen) atoms. The van der Waals surface area contributed by atoms with Crippen LogP contribution in [-0.4, -0.2) is 6.54 Å². The second-order valence-electron chi connectivity index (χ2n) is 5.50. The number of hydrogen-bond donors (Lipinski definition) is 1. The number of halogens is 2. The van der Waals surface area contributed by atoms with Gasteiger partial charge in [0.1, 0.15) is 5.82 Å². The molecule has 1 nitrogen and oxygen atoms in total. The van der Waals surface area contributed by atoms with Crippen molar-refractivity contribution in [1.29, 1.82) is 0 Å². The van der Waals surface area contributed by atoms with E-state index in [4.69, 9.17) is 0 Å². The summed E-state index contributed by atoms with van der Waals surface area (Å²) in [5.41, 5.74) is 0.792. The summed E-state index contributed by atoms with van der Waals surface area (Å²) in [5.74, 6) is 0.592. The van der Waals surface area contributed by atoms with Gasteiger partial charge in [-0.3, -0.25) is 0 Å². The molecule has 0 amide bonds. The van der Waals surface area contributed by atoms with E-state index in [1.165, 1.54) is 6.42 Å². The van der Waals surface area contributed by atoms with E-state index in [2.05, 4.69) is 42.0 Å². The summed E-state index contributed by atoms with van der Waals surface area (Å²) in [6, 6.07) is 5.49. The van der Waals surface area contributed by atoms with E-state index < -0.39 is 0 Å². The van der Waals surface area contributed by atoms with Crippen LogP contribution in [0.25, 0.3) is 0 Å². The van der Waals surface area contributed by atoms with Gasteiger partial charge in [0, 0.05) is 16.1 Å². The van der Waals surface area contributed by atoms with Crippen LogP contribution in [0.3, 0.4) is 0 Å². The normalized spacial score (nSPS) is 12.9. The average molecular weight is 330 g/mol. The molecule has 1 unspecified atom stereocenters. The third-order valence-corrected chi connectivity index (χ3v) is 3.75. The lowest BCUT2D eigenvalue weighted by Crippen LogP contribution is -2.23. The molecule has 1 aromatic carbocycles. The first-order valence-electron chi connectivity index (χ1n) is 7.23. The molecular formula is C16H25BrFN. The number of rotatable bonds is 8. The predicted molar refractivity (Wildman–Crippen MR) is 83.8 cm³/mol. The van der Waals surface area contributed by atoms with Gasteiger partial charge in [-0.05, 0) is 37.4 Å². The van der Waals surface area contributed by atoms with Gasteiger partial charge in [0.15, 0.2) is 0 Å². The molecule has 3 heteroatoms. The maximum absolute atomic E-state index is 14.0. The smallest absolute Gasteiger partial charge is 0.129 e. The van der Waals surface area contributed by atoms with E-state index in [0.717, 1.165) is 35.8 Å². The van der Waals surface area contributed by atoms with Crippen LogP contribution in [0.5, 0.6) is 0 Å². The predicted octanol–water partition coefficient (Wildman–Crippen LogP) is 5.46. The van der Waals surface area contributed by atoms with Crippen LogP contribution >= 0.6 is 15.9 Å². The Morgan fingerprint density at radius 3 is 2.58 bits per heavy atom. The summed E-state index contributed by atoms with van der Waals surface area (Å²) in [5, 5.41) is 3.46. The van der Waals surface area contributed by atoms with Gasteiger partial charge in [0.05, 0.1) is 0 Å². The van der Waals surface area contributed by atoms with Crippen molar-refractivity contribution in [3.05, 3.63) is 34.1 Å². The number of hydrogen-bond acceptors (Lipinski definition) is 1. The minimum atomic E-state index is -0.118. The first-order valence-corrected chi connectivity index (χ1v) is 8.02. The standard InChI is InChI=1S/C16H25BrFN/c1-4-10-19-16(7-5-6-12(2)3)14-9-8-13(17)11-15(14)18/h8-9,11-12,16,19H,4-7,10H2,1-3H3. The van der Waals surface area contributed by atoms with E-state index >= 15 is 0 Å². The highest BCUT2D eigenvalue weighted by Crippen LogP contribution is 2.25. The van der Waals surface area contributed by atoms with Crippen molar-refractivity contribution in [2.24, 2.45) is 5.92 Å². The molecule has 1 N–H and O–H groups in total. The van der Waals surface area contributed by atoms with Gasteiger partial charge in [-0.15, -0.1) is 0 Å². The van der Waals surface area contributed by atoms with Crippen molar-refractivity contribution < 1.29 is 4.39 Å². The molecule has 1 rings (SSSR count). The zero-order valence-electron chi connectivity index (χ0n) is 12.2. The van der Waals surface area contributed by atoms with Crippen LogP contribution in [0.1, 0.15) is 58.1 Å². The highest BCUT2D eigenvalue weighted by atomic mass is 79.9. The van der Waals surface area contributed by atoms with E-state index in [-0.39, 0.29) is 11.9 Å². The van der Waals surface area contributed by atoms with Gasteiger partial charge >= 0.3 is 0 Å². The summed E-state index contributed by atoms with van der Waals surface area (Å²) in [6.07, 6.45) is 4.40. The lowest BCUT2D eigenvalue weighted by atomic mass is 9.97. The molecule has 1 atom stereocenters. The molecule has 0 aliphatic rings. The van der Waals surface area contributed by atoms with Gasteiger partial charge in [-0.1, -0.05) is 55.6 Å². The Morgan fingerprint density at radius 1 is 1.26 bits per heavy atom. The van der Waals surface area contributed by atoms with Crippen LogP contribution in [0.4, 0.5) is 4.39 Å². The molecule has 0 aliphatic carbocycles.